The number of nitrogens with zero attached hydrogens (tertiary/aromatic N) is 6. The molecule has 0 saturated carbocycles. The summed E-state index contributed by atoms with van der Waals surface area (Å²) < 4.78 is 39.3. The maximum absolute atomic E-state index is 14.9. The zero-order valence-electron chi connectivity index (χ0n) is 16.7. The first-order valence-corrected chi connectivity index (χ1v) is 9.72. The van der Waals surface area contributed by atoms with E-state index in [9.17, 15) is 18.4 Å². The topological polar surface area (TPSA) is 115 Å². The fourth-order valence-corrected chi connectivity index (χ4v) is 3.78. The lowest BCUT2D eigenvalue weighted by Gasteiger charge is -2.33. The number of hydrogen-bond donors (Lipinski definition) is 1. The summed E-state index contributed by atoms with van der Waals surface area (Å²) in [4.78, 5) is 27.6. The smallest absolute Gasteiger partial charge is 0.414 e. The van der Waals surface area contributed by atoms with E-state index in [2.05, 4.69) is 25.5 Å². The van der Waals surface area contributed by atoms with Crippen molar-refractivity contribution < 1.29 is 27.8 Å². The van der Waals surface area contributed by atoms with Crippen molar-refractivity contribution in [1.82, 2.24) is 25.5 Å². The van der Waals surface area contributed by atoms with Crippen LogP contribution in [0.4, 0.5) is 29.7 Å². The lowest BCUT2D eigenvalue weighted by molar-refractivity contribution is 0.132. The van der Waals surface area contributed by atoms with E-state index in [1.165, 1.54) is 18.2 Å². The quantitative estimate of drug-likeness (QED) is 0.748. The van der Waals surface area contributed by atoms with Crippen molar-refractivity contribution >= 4 is 23.6 Å². The van der Waals surface area contributed by atoms with E-state index in [4.69, 9.17) is 4.74 Å². The number of amides is 2. The SMILES string of the molecule is COC(=O)NC[C@H]1CN(c2cc(F)c(N3CCC(n4ncnn4)CC3)c(F)c2)C(=O)O1. The van der Waals surface area contributed by atoms with Crippen LogP contribution in [0.5, 0.6) is 0 Å². The predicted molar refractivity (Wildman–Crippen MR) is 103 cm³/mol. The first-order chi connectivity index (χ1) is 15.0. The van der Waals surface area contributed by atoms with Crippen LogP contribution in [-0.4, -0.2) is 71.8 Å². The van der Waals surface area contributed by atoms with E-state index in [-0.39, 0.29) is 30.5 Å². The number of nitrogens with one attached hydrogen (secondary N) is 1. The van der Waals surface area contributed by atoms with Crippen LogP contribution in [0.15, 0.2) is 18.5 Å². The number of ether oxygens (including phenoxy) is 2. The molecule has 13 heteroatoms. The third-order valence-corrected chi connectivity index (χ3v) is 5.32. The Bertz CT molecular complexity index is 927. The fraction of sp³-hybridized carbons (Fsp3) is 0.500. The summed E-state index contributed by atoms with van der Waals surface area (Å²) in [5, 5.41) is 14.0. The van der Waals surface area contributed by atoms with Gasteiger partial charge in [-0.3, -0.25) is 4.90 Å². The number of methoxy groups -OCH3 is 1. The number of rotatable bonds is 5. The second-order valence-electron chi connectivity index (χ2n) is 7.22. The van der Waals surface area contributed by atoms with Crippen LogP contribution in [0.25, 0.3) is 0 Å². The maximum Gasteiger partial charge on any atom is 0.414 e. The number of carbonyl (C=O) groups excluding carboxylic acids is 2. The van der Waals surface area contributed by atoms with E-state index >= 15 is 0 Å². The molecule has 166 valence electrons. The van der Waals surface area contributed by atoms with Gasteiger partial charge in [-0.2, -0.15) is 4.80 Å². The lowest BCUT2D eigenvalue weighted by Crippen LogP contribution is -2.36. The summed E-state index contributed by atoms with van der Waals surface area (Å²) >= 11 is 0. The molecule has 1 N–H and O–H groups in total. The average molecular weight is 437 g/mol. The Hall–Kier alpha value is -3.51. The molecule has 2 saturated heterocycles. The molecule has 31 heavy (non-hydrogen) atoms. The van der Waals surface area contributed by atoms with Crippen LogP contribution in [0, 0.1) is 11.6 Å². The van der Waals surface area contributed by atoms with Gasteiger partial charge >= 0.3 is 12.2 Å². The van der Waals surface area contributed by atoms with Gasteiger partial charge in [-0.05, 0) is 18.1 Å². The van der Waals surface area contributed by atoms with Gasteiger partial charge in [0, 0.05) is 25.2 Å². The third kappa shape index (κ3) is 4.34. The molecule has 4 rings (SSSR count). The predicted octanol–water partition coefficient (Wildman–Crippen LogP) is 1.47. The molecule has 0 unspecified atom stereocenters. The first-order valence-electron chi connectivity index (χ1n) is 9.72. The summed E-state index contributed by atoms with van der Waals surface area (Å²) in [6.07, 6.45) is 0.504. The molecule has 2 amide bonds. The van der Waals surface area contributed by atoms with Gasteiger partial charge in [0.15, 0.2) is 18.0 Å². The lowest BCUT2D eigenvalue weighted by atomic mass is 10.0. The number of cyclic esters (lactones) is 1. The van der Waals surface area contributed by atoms with Gasteiger partial charge in [0.25, 0.3) is 0 Å². The zero-order chi connectivity index (χ0) is 22.0. The molecule has 2 aliphatic rings. The Labute approximate surface area is 175 Å². The normalized spacial score (nSPS) is 19.5. The molecular weight excluding hydrogens is 416 g/mol. The molecule has 1 atom stereocenters. The minimum atomic E-state index is -0.767. The molecule has 2 aromatic rings. The number of tetrazole rings is 1. The monoisotopic (exact) mass is 437 g/mol. The van der Waals surface area contributed by atoms with Crippen LogP contribution >= 0.6 is 0 Å². The Morgan fingerprint density at radius 2 is 2.00 bits per heavy atom. The molecule has 0 spiro atoms. The van der Waals surface area contributed by atoms with Gasteiger partial charge in [0.05, 0.1) is 31.9 Å². The molecule has 2 fully saturated rings. The van der Waals surface area contributed by atoms with Gasteiger partial charge in [-0.15, -0.1) is 10.2 Å². The van der Waals surface area contributed by atoms with Crippen LogP contribution in [0.1, 0.15) is 18.9 Å². The number of piperidine rings is 1. The van der Waals surface area contributed by atoms with Crippen molar-refractivity contribution in [2.75, 3.05) is 43.1 Å². The maximum atomic E-state index is 14.9. The van der Waals surface area contributed by atoms with Crippen molar-refractivity contribution in [2.45, 2.75) is 25.0 Å². The van der Waals surface area contributed by atoms with Crippen LogP contribution in [0.2, 0.25) is 0 Å². The molecular formula is C18H21F2N7O4. The van der Waals surface area contributed by atoms with E-state index in [0.29, 0.717) is 25.9 Å². The summed E-state index contributed by atoms with van der Waals surface area (Å²) in [5.41, 5.74) is -0.0868. The van der Waals surface area contributed by atoms with Gasteiger partial charge < -0.3 is 19.7 Å². The summed E-state index contributed by atoms with van der Waals surface area (Å²) in [6.45, 7) is 0.906. The van der Waals surface area contributed by atoms with Crippen LogP contribution < -0.4 is 15.1 Å². The first kappa shape index (κ1) is 20.8. The second-order valence-corrected chi connectivity index (χ2v) is 7.22. The minimum Gasteiger partial charge on any atom is -0.453 e. The molecule has 0 radical (unpaired) electrons. The fourth-order valence-electron chi connectivity index (χ4n) is 3.78. The van der Waals surface area contributed by atoms with Gasteiger partial charge in [0.1, 0.15) is 11.8 Å². The molecule has 1 aromatic carbocycles. The number of carbonyl (C=O) groups is 2. The van der Waals surface area contributed by atoms with Crippen molar-refractivity contribution in [3.63, 3.8) is 0 Å². The summed E-state index contributed by atoms with van der Waals surface area (Å²) in [7, 11) is 1.21. The van der Waals surface area contributed by atoms with Crippen LogP contribution in [0.3, 0.4) is 0 Å². The highest BCUT2D eigenvalue weighted by atomic mass is 19.1. The number of anilines is 2. The van der Waals surface area contributed by atoms with Crippen molar-refractivity contribution in [3.8, 4) is 0 Å². The average Bonchev–Trinajstić information content (AvgIpc) is 3.42. The Balaban J connectivity index is 1.43. The number of halogens is 2. The van der Waals surface area contributed by atoms with Crippen molar-refractivity contribution in [2.24, 2.45) is 0 Å². The minimum absolute atomic E-state index is 0.0214. The molecule has 0 bridgehead atoms. The summed E-state index contributed by atoms with van der Waals surface area (Å²) in [6, 6.07) is 2.25. The zero-order valence-corrected chi connectivity index (χ0v) is 16.7. The van der Waals surface area contributed by atoms with E-state index in [1.807, 2.05) is 0 Å². The van der Waals surface area contributed by atoms with Crippen LogP contribution in [-0.2, 0) is 9.47 Å². The highest BCUT2D eigenvalue weighted by Crippen LogP contribution is 2.33. The standard InChI is InChI=1S/C18H21F2N7O4/c1-30-17(28)21-8-13-9-26(18(29)31-13)12-6-14(19)16(15(20)7-12)25-4-2-11(3-5-25)27-23-10-22-24-27/h6-7,10-11,13H,2-5,8-9H2,1H3,(H,21,28)/t13-/m0/s1. The summed E-state index contributed by atoms with van der Waals surface area (Å²) in [5.74, 6) is -1.53. The number of aromatic nitrogens is 4. The van der Waals surface area contributed by atoms with Crippen molar-refractivity contribution in [3.05, 3.63) is 30.1 Å². The number of benzene rings is 1. The van der Waals surface area contributed by atoms with Crippen molar-refractivity contribution in [1.29, 1.82) is 0 Å². The largest absolute Gasteiger partial charge is 0.453 e. The molecule has 3 heterocycles. The second kappa shape index (κ2) is 8.70. The molecule has 2 aliphatic heterocycles. The van der Waals surface area contributed by atoms with E-state index < -0.39 is 29.9 Å². The van der Waals surface area contributed by atoms with Gasteiger partial charge in [-0.25, -0.2) is 18.4 Å². The van der Waals surface area contributed by atoms with Gasteiger partial charge in [-0.1, -0.05) is 0 Å². The molecule has 1 aromatic heterocycles. The molecule has 0 aliphatic carbocycles. The third-order valence-electron chi connectivity index (χ3n) is 5.32. The van der Waals surface area contributed by atoms with Gasteiger partial charge in [0.2, 0.25) is 0 Å². The number of hydrogen-bond acceptors (Lipinski definition) is 8. The molecule has 11 nitrogen and oxygen atoms in total. The highest BCUT2D eigenvalue weighted by Gasteiger charge is 2.34. The Kier molecular flexibility index (Phi) is 5.82. The van der Waals surface area contributed by atoms with E-state index in [0.717, 1.165) is 17.0 Å². The van der Waals surface area contributed by atoms with E-state index in [1.54, 1.807) is 4.90 Å². The highest BCUT2D eigenvalue weighted by molar-refractivity contribution is 5.90. The Morgan fingerprint density at radius 1 is 1.29 bits per heavy atom. The Morgan fingerprint density at radius 3 is 2.61 bits per heavy atom. The number of alkyl carbamates (subject to hydrolysis) is 1.